The summed E-state index contributed by atoms with van der Waals surface area (Å²) in [5.41, 5.74) is 1.43. The van der Waals surface area contributed by atoms with Gasteiger partial charge in [0.1, 0.15) is 11.6 Å². The number of halogens is 1. The number of hydrogen-bond acceptors (Lipinski definition) is 4. The van der Waals surface area contributed by atoms with E-state index in [-0.39, 0.29) is 11.7 Å². The van der Waals surface area contributed by atoms with E-state index in [1.54, 1.807) is 19.1 Å². The van der Waals surface area contributed by atoms with Crippen LogP contribution in [0.1, 0.15) is 31.5 Å². The van der Waals surface area contributed by atoms with Gasteiger partial charge in [-0.25, -0.2) is 4.39 Å². The molecule has 1 heterocycles. The normalized spacial score (nSPS) is 14.7. The Kier molecular flexibility index (Phi) is 4.94. The van der Waals surface area contributed by atoms with Crippen molar-refractivity contribution in [3.8, 4) is 5.69 Å². The Bertz CT molecular complexity index is 956. The van der Waals surface area contributed by atoms with Gasteiger partial charge in [-0.3, -0.25) is 9.36 Å². The highest BCUT2D eigenvalue weighted by atomic mass is 32.2. The lowest BCUT2D eigenvalue weighted by atomic mass is 10.3. The highest BCUT2D eigenvalue weighted by molar-refractivity contribution is 8.00. The average Bonchev–Trinajstić information content (AvgIpc) is 3.43. The molecule has 1 fully saturated rings. The maximum absolute atomic E-state index is 13.3. The van der Waals surface area contributed by atoms with Gasteiger partial charge >= 0.3 is 0 Å². The molecule has 0 radical (unpaired) electrons. The minimum absolute atomic E-state index is 0.207. The SMILES string of the molecule is C[C@@H](Sc1nnc(C2CC2)n1-c1ccccc1)C(=O)Nc1cccc(F)c1. The van der Waals surface area contributed by atoms with Crippen molar-refractivity contribution in [2.75, 3.05) is 5.32 Å². The van der Waals surface area contributed by atoms with Crippen LogP contribution in [0.4, 0.5) is 10.1 Å². The van der Waals surface area contributed by atoms with E-state index in [0.717, 1.165) is 24.4 Å². The molecule has 27 heavy (non-hydrogen) atoms. The van der Waals surface area contributed by atoms with Gasteiger partial charge < -0.3 is 5.32 Å². The van der Waals surface area contributed by atoms with E-state index in [1.807, 2.05) is 34.9 Å². The Hall–Kier alpha value is -2.67. The molecule has 1 aromatic heterocycles. The fourth-order valence-electron chi connectivity index (χ4n) is 2.81. The number of nitrogens with zero attached hydrogens (tertiary/aromatic N) is 3. The summed E-state index contributed by atoms with van der Waals surface area (Å²) in [6.45, 7) is 1.81. The molecule has 4 rings (SSSR count). The lowest BCUT2D eigenvalue weighted by Gasteiger charge is -2.14. The molecule has 1 atom stereocenters. The summed E-state index contributed by atoms with van der Waals surface area (Å²) in [7, 11) is 0. The summed E-state index contributed by atoms with van der Waals surface area (Å²) in [5, 5.41) is 11.7. The molecular weight excluding hydrogens is 363 g/mol. The van der Waals surface area contributed by atoms with E-state index in [0.29, 0.717) is 16.8 Å². The largest absolute Gasteiger partial charge is 0.325 e. The predicted molar refractivity (Wildman–Crippen MR) is 104 cm³/mol. The summed E-state index contributed by atoms with van der Waals surface area (Å²) in [4.78, 5) is 12.5. The molecule has 0 bridgehead atoms. The van der Waals surface area contributed by atoms with Gasteiger partial charge in [-0.1, -0.05) is 36.0 Å². The number of rotatable bonds is 6. The molecular formula is C20H19FN4OS. The van der Waals surface area contributed by atoms with Crippen molar-refractivity contribution < 1.29 is 9.18 Å². The van der Waals surface area contributed by atoms with Crippen molar-refractivity contribution in [1.29, 1.82) is 0 Å². The lowest BCUT2D eigenvalue weighted by Crippen LogP contribution is -2.23. The Morgan fingerprint density at radius 2 is 1.96 bits per heavy atom. The Balaban J connectivity index is 1.54. The molecule has 1 saturated carbocycles. The van der Waals surface area contributed by atoms with Gasteiger partial charge in [-0.2, -0.15) is 0 Å². The molecule has 0 spiro atoms. The summed E-state index contributed by atoms with van der Waals surface area (Å²) >= 11 is 1.35. The van der Waals surface area contributed by atoms with Crippen LogP contribution in [0.5, 0.6) is 0 Å². The summed E-state index contributed by atoms with van der Waals surface area (Å²) < 4.78 is 15.3. The number of aromatic nitrogens is 3. The number of amides is 1. The topological polar surface area (TPSA) is 59.8 Å². The Labute approximate surface area is 161 Å². The third kappa shape index (κ3) is 4.03. The van der Waals surface area contributed by atoms with E-state index < -0.39 is 5.25 Å². The number of carbonyl (C=O) groups is 1. The number of hydrogen-bond donors (Lipinski definition) is 1. The monoisotopic (exact) mass is 382 g/mol. The molecule has 1 N–H and O–H groups in total. The third-order valence-electron chi connectivity index (χ3n) is 4.36. The molecule has 5 nitrogen and oxygen atoms in total. The van der Waals surface area contributed by atoms with Crippen LogP contribution in [-0.2, 0) is 4.79 Å². The van der Waals surface area contributed by atoms with Crippen LogP contribution in [0.25, 0.3) is 5.69 Å². The third-order valence-corrected chi connectivity index (χ3v) is 5.40. The first-order valence-electron chi connectivity index (χ1n) is 8.85. The predicted octanol–water partition coefficient (Wildman–Crippen LogP) is 4.40. The van der Waals surface area contributed by atoms with E-state index in [4.69, 9.17) is 0 Å². The van der Waals surface area contributed by atoms with Crippen molar-refractivity contribution >= 4 is 23.4 Å². The van der Waals surface area contributed by atoms with Crippen molar-refractivity contribution in [2.45, 2.75) is 36.1 Å². The van der Waals surface area contributed by atoms with Gasteiger partial charge in [0.2, 0.25) is 5.91 Å². The first-order chi connectivity index (χ1) is 13.1. The summed E-state index contributed by atoms with van der Waals surface area (Å²) in [6, 6.07) is 15.8. The van der Waals surface area contributed by atoms with Crippen LogP contribution >= 0.6 is 11.8 Å². The molecule has 1 amide bonds. The second kappa shape index (κ2) is 7.52. The number of nitrogens with one attached hydrogen (secondary N) is 1. The van der Waals surface area contributed by atoms with E-state index in [1.165, 1.54) is 23.9 Å². The molecule has 2 aromatic carbocycles. The zero-order valence-electron chi connectivity index (χ0n) is 14.8. The summed E-state index contributed by atoms with van der Waals surface area (Å²) in [6.07, 6.45) is 2.23. The second-order valence-corrected chi connectivity index (χ2v) is 7.85. The maximum atomic E-state index is 13.3. The fourth-order valence-corrected chi connectivity index (χ4v) is 3.68. The van der Waals surface area contributed by atoms with E-state index >= 15 is 0 Å². The van der Waals surface area contributed by atoms with E-state index in [9.17, 15) is 9.18 Å². The molecule has 0 aliphatic heterocycles. The zero-order chi connectivity index (χ0) is 18.8. The van der Waals surface area contributed by atoms with Crippen LogP contribution in [0, 0.1) is 5.82 Å². The highest BCUT2D eigenvalue weighted by Gasteiger charge is 2.31. The first kappa shape index (κ1) is 17.7. The number of anilines is 1. The van der Waals surface area contributed by atoms with Gasteiger partial charge in [0, 0.05) is 17.3 Å². The van der Waals surface area contributed by atoms with Gasteiger partial charge in [0.25, 0.3) is 0 Å². The smallest absolute Gasteiger partial charge is 0.237 e. The van der Waals surface area contributed by atoms with Crippen molar-refractivity contribution in [1.82, 2.24) is 14.8 Å². The molecule has 1 aliphatic carbocycles. The Morgan fingerprint density at radius 3 is 2.67 bits per heavy atom. The van der Waals surface area contributed by atoms with Crippen LogP contribution < -0.4 is 5.32 Å². The fraction of sp³-hybridized carbons (Fsp3) is 0.250. The molecule has 0 unspecified atom stereocenters. The molecule has 1 aliphatic rings. The minimum Gasteiger partial charge on any atom is -0.325 e. The molecule has 0 saturated heterocycles. The van der Waals surface area contributed by atoms with Gasteiger partial charge in [0.15, 0.2) is 5.16 Å². The minimum atomic E-state index is -0.410. The average molecular weight is 382 g/mol. The van der Waals surface area contributed by atoms with Gasteiger partial charge in [-0.05, 0) is 50.1 Å². The van der Waals surface area contributed by atoms with Gasteiger partial charge in [0.05, 0.1) is 5.25 Å². The zero-order valence-corrected chi connectivity index (χ0v) is 15.6. The number of para-hydroxylation sites is 1. The number of benzene rings is 2. The van der Waals surface area contributed by atoms with E-state index in [2.05, 4.69) is 15.5 Å². The lowest BCUT2D eigenvalue weighted by molar-refractivity contribution is -0.115. The highest BCUT2D eigenvalue weighted by Crippen LogP contribution is 2.41. The summed E-state index contributed by atoms with van der Waals surface area (Å²) in [5.74, 6) is 0.789. The van der Waals surface area contributed by atoms with Crippen LogP contribution in [0.15, 0.2) is 59.8 Å². The van der Waals surface area contributed by atoms with Gasteiger partial charge in [-0.15, -0.1) is 10.2 Å². The second-order valence-electron chi connectivity index (χ2n) is 6.55. The number of carbonyl (C=O) groups excluding carboxylic acids is 1. The van der Waals surface area contributed by atoms with Crippen LogP contribution in [0.2, 0.25) is 0 Å². The molecule has 138 valence electrons. The Morgan fingerprint density at radius 1 is 1.19 bits per heavy atom. The van der Waals surface area contributed by atoms with Crippen molar-refractivity contribution in [2.24, 2.45) is 0 Å². The van der Waals surface area contributed by atoms with Crippen molar-refractivity contribution in [3.63, 3.8) is 0 Å². The van der Waals surface area contributed by atoms with Crippen molar-refractivity contribution in [3.05, 3.63) is 66.2 Å². The standard InChI is InChI=1S/C20H19FN4OS/c1-13(19(26)22-16-7-5-6-15(21)12-16)27-20-24-23-18(14-10-11-14)25(20)17-8-3-2-4-9-17/h2-9,12-14H,10-11H2,1H3,(H,22,26)/t13-/m1/s1. The molecule has 3 aromatic rings. The van der Waals surface area contributed by atoms with Crippen LogP contribution in [-0.4, -0.2) is 25.9 Å². The molecule has 7 heteroatoms. The first-order valence-corrected chi connectivity index (χ1v) is 9.73. The quantitative estimate of drug-likeness (QED) is 0.642. The number of thioether (sulfide) groups is 1. The van der Waals surface area contributed by atoms with Crippen LogP contribution in [0.3, 0.4) is 0 Å². The maximum Gasteiger partial charge on any atom is 0.237 e.